The van der Waals surface area contributed by atoms with Crippen LogP contribution in [-0.4, -0.2) is 29.9 Å². The summed E-state index contributed by atoms with van der Waals surface area (Å²) in [7, 11) is 0. The third-order valence-corrected chi connectivity index (χ3v) is 5.77. The standard InChI is InChI=1S/C19H25N3OS/c1-13-3-5-15(6-4-13)18(20)19(23)21-11-14(2)22-9-7-17-16(12-22)8-10-24-17/h3-6,8,10,14,18H,7,9,11-12,20H2,1-2H3,(H,21,23). The molecule has 0 saturated carbocycles. The van der Waals surface area contributed by atoms with Crippen LogP contribution in [0.4, 0.5) is 0 Å². The van der Waals surface area contributed by atoms with E-state index in [4.69, 9.17) is 5.73 Å². The van der Waals surface area contributed by atoms with Gasteiger partial charge >= 0.3 is 0 Å². The van der Waals surface area contributed by atoms with E-state index in [1.54, 1.807) is 0 Å². The van der Waals surface area contributed by atoms with Crippen molar-refractivity contribution in [1.82, 2.24) is 10.2 Å². The maximum atomic E-state index is 12.3. The van der Waals surface area contributed by atoms with Gasteiger partial charge in [0.1, 0.15) is 6.04 Å². The van der Waals surface area contributed by atoms with E-state index in [1.807, 2.05) is 42.5 Å². The fraction of sp³-hybridized carbons (Fsp3) is 0.421. The molecule has 24 heavy (non-hydrogen) atoms. The van der Waals surface area contributed by atoms with Gasteiger partial charge in [-0.05, 0) is 42.8 Å². The minimum atomic E-state index is -0.609. The number of aryl methyl sites for hydroxylation is 1. The Morgan fingerprint density at radius 3 is 2.83 bits per heavy atom. The normalized spacial score (nSPS) is 17.1. The first-order valence-corrected chi connectivity index (χ1v) is 9.31. The molecule has 2 unspecified atom stereocenters. The van der Waals surface area contributed by atoms with Crippen LogP contribution in [0.1, 0.15) is 34.5 Å². The Kier molecular flexibility index (Phi) is 5.33. The smallest absolute Gasteiger partial charge is 0.241 e. The van der Waals surface area contributed by atoms with Gasteiger partial charge < -0.3 is 11.1 Å². The van der Waals surface area contributed by atoms with Crippen molar-refractivity contribution in [2.75, 3.05) is 13.1 Å². The molecule has 4 nitrogen and oxygen atoms in total. The zero-order chi connectivity index (χ0) is 17.1. The van der Waals surface area contributed by atoms with E-state index >= 15 is 0 Å². The Hall–Kier alpha value is -1.69. The Labute approximate surface area is 147 Å². The van der Waals surface area contributed by atoms with Gasteiger partial charge in [-0.25, -0.2) is 0 Å². The van der Waals surface area contributed by atoms with Gasteiger partial charge in [-0.15, -0.1) is 11.3 Å². The summed E-state index contributed by atoms with van der Waals surface area (Å²) in [5.41, 5.74) is 9.53. The summed E-state index contributed by atoms with van der Waals surface area (Å²) >= 11 is 1.85. The van der Waals surface area contributed by atoms with Crippen LogP contribution in [0.3, 0.4) is 0 Å². The zero-order valence-electron chi connectivity index (χ0n) is 14.3. The molecule has 5 heteroatoms. The number of benzene rings is 1. The van der Waals surface area contributed by atoms with Crippen LogP contribution in [0.15, 0.2) is 35.7 Å². The van der Waals surface area contributed by atoms with Crippen LogP contribution < -0.4 is 11.1 Å². The van der Waals surface area contributed by atoms with Crippen molar-refractivity contribution in [3.05, 3.63) is 57.3 Å². The first kappa shape index (κ1) is 17.1. The first-order valence-electron chi connectivity index (χ1n) is 8.43. The second-order valence-corrected chi connectivity index (χ2v) is 7.57. The van der Waals surface area contributed by atoms with Crippen LogP contribution in [-0.2, 0) is 17.8 Å². The highest BCUT2D eigenvalue weighted by Crippen LogP contribution is 2.25. The molecule has 2 atom stereocenters. The molecule has 0 aliphatic carbocycles. The lowest BCUT2D eigenvalue weighted by molar-refractivity contribution is -0.122. The molecule has 1 aromatic carbocycles. The van der Waals surface area contributed by atoms with Crippen molar-refractivity contribution in [3.8, 4) is 0 Å². The third kappa shape index (κ3) is 3.86. The summed E-state index contributed by atoms with van der Waals surface area (Å²) in [5, 5.41) is 5.18. The second kappa shape index (κ2) is 7.47. The van der Waals surface area contributed by atoms with E-state index in [1.165, 1.54) is 10.4 Å². The molecule has 1 aliphatic heterocycles. The van der Waals surface area contributed by atoms with Gasteiger partial charge in [0, 0.05) is 30.6 Å². The van der Waals surface area contributed by atoms with Crippen LogP contribution in [0.2, 0.25) is 0 Å². The number of fused-ring (bicyclic) bond motifs is 1. The molecule has 0 fully saturated rings. The average Bonchev–Trinajstić information content (AvgIpc) is 3.07. The maximum Gasteiger partial charge on any atom is 0.241 e. The molecule has 3 rings (SSSR count). The number of carbonyl (C=O) groups is 1. The summed E-state index contributed by atoms with van der Waals surface area (Å²) in [6.07, 6.45) is 1.11. The van der Waals surface area contributed by atoms with Gasteiger partial charge in [0.2, 0.25) is 5.91 Å². The number of nitrogens with zero attached hydrogens (tertiary/aromatic N) is 1. The number of nitrogens with one attached hydrogen (secondary N) is 1. The largest absolute Gasteiger partial charge is 0.353 e. The van der Waals surface area contributed by atoms with Crippen LogP contribution >= 0.6 is 11.3 Å². The Morgan fingerprint density at radius 2 is 2.08 bits per heavy atom. The molecule has 128 valence electrons. The Balaban J connectivity index is 1.51. The summed E-state index contributed by atoms with van der Waals surface area (Å²) in [6, 6.07) is 9.71. The van der Waals surface area contributed by atoms with Gasteiger partial charge in [0.15, 0.2) is 0 Å². The highest BCUT2D eigenvalue weighted by molar-refractivity contribution is 7.10. The predicted molar refractivity (Wildman–Crippen MR) is 99.0 cm³/mol. The number of rotatable bonds is 5. The lowest BCUT2D eigenvalue weighted by Crippen LogP contribution is -2.45. The van der Waals surface area contributed by atoms with Crippen molar-refractivity contribution in [2.24, 2.45) is 5.73 Å². The van der Waals surface area contributed by atoms with E-state index in [0.29, 0.717) is 12.6 Å². The molecular weight excluding hydrogens is 318 g/mol. The van der Waals surface area contributed by atoms with Gasteiger partial charge in [0.25, 0.3) is 0 Å². The van der Waals surface area contributed by atoms with E-state index in [2.05, 4.69) is 28.6 Å². The molecule has 3 N–H and O–H groups in total. The van der Waals surface area contributed by atoms with Gasteiger partial charge in [-0.3, -0.25) is 9.69 Å². The molecule has 0 radical (unpaired) electrons. The number of hydrogen-bond donors (Lipinski definition) is 2. The van der Waals surface area contributed by atoms with Crippen LogP contribution in [0.5, 0.6) is 0 Å². The highest BCUT2D eigenvalue weighted by Gasteiger charge is 2.22. The number of thiophene rings is 1. The number of amides is 1. The van der Waals surface area contributed by atoms with E-state index in [9.17, 15) is 4.79 Å². The van der Waals surface area contributed by atoms with E-state index in [0.717, 1.165) is 30.6 Å². The molecule has 1 aromatic heterocycles. The van der Waals surface area contributed by atoms with Crippen molar-refractivity contribution in [3.63, 3.8) is 0 Å². The van der Waals surface area contributed by atoms with Crippen molar-refractivity contribution in [2.45, 2.75) is 38.9 Å². The summed E-state index contributed by atoms with van der Waals surface area (Å²) in [6.45, 7) is 6.83. The Morgan fingerprint density at radius 1 is 1.33 bits per heavy atom. The Bertz CT molecular complexity index is 695. The van der Waals surface area contributed by atoms with Crippen molar-refractivity contribution in [1.29, 1.82) is 0 Å². The molecule has 0 spiro atoms. The van der Waals surface area contributed by atoms with Gasteiger partial charge in [-0.2, -0.15) is 0 Å². The van der Waals surface area contributed by atoms with Gasteiger partial charge in [0.05, 0.1) is 0 Å². The quantitative estimate of drug-likeness (QED) is 0.877. The maximum absolute atomic E-state index is 12.3. The SMILES string of the molecule is Cc1ccc(C(N)C(=O)NCC(C)N2CCc3sccc3C2)cc1. The molecule has 1 amide bonds. The summed E-state index contributed by atoms with van der Waals surface area (Å²) in [4.78, 5) is 16.2. The lowest BCUT2D eigenvalue weighted by atomic mass is 10.0. The fourth-order valence-electron chi connectivity index (χ4n) is 3.06. The minimum Gasteiger partial charge on any atom is -0.353 e. The van der Waals surface area contributed by atoms with Crippen LogP contribution in [0, 0.1) is 6.92 Å². The van der Waals surface area contributed by atoms with Crippen molar-refractivity contribution < 1.29 is 4.79 Å². The minimum absolute atomic E-state index is 0.112. The molecule has 0 bridgehead atoms. The second-order valence-electron chi connectivity index (χ2n) is 6.57. The average molecular weight is 343 g/mol. The molecule has 2 heterocycles. The molecule has 2 aromatic rings. The van der Waals surface area contributed by atoms with E-state index < -0.39 is 6.04 Å². The van der Waals surface area contributed by atoms with E-state index in [-0.39, 0.29) is 5.91 Å². The van der Waals surface area contributed by atoms with Crippen molar-refractivity contribution >= 4 is 17.2 Å². The lowest BCUT2D eigenvalue weighted by Gasteiger charge is -2.32. The summed E-state index contributed by atoms with van der Waals surface area (Å²) in [5.74, 6) is -0.112. The zero-order valence-corrected chi connectivity index (χ0v) is 15.1. The predicted octanol–water partition coefficient (Wildman–Crippen LogP) is 2.62. The fourth-order valence-corrected chi connectivity index (χ4v) is 3.95. The number of hydrogen-bond acceptors (Lipinski definition) is 4. The number of carbonyl (C=O) groups excluding carboxylic acids is 1. The third-order valence-electron chi connectivity index (χ3n) is 4.75. The topological polar surface area (TPSA) is 58.4 Å². The van der Waals surface area contributed by atoms with Gasteiger partial charge in [-0.1, -0.05) is 29.8 Å². The molecular formula is C19H25N3OS. The molecule has 1 aliphatic rings. The first-order chi connectivity index (χ1) is 11.5. The number of nitrogens with two attached hydrogens (primary N) is 1. The monoisotopic (exact) mass is 343 g/mol. The summed E-state index contributed by atoms with van der Waals surface area (Å²) < 4.78 is 0. The highest BCUT2D eigenvalue weighted by atomic mass is 32.1. The molecule has 0 saturated heterocycles. The van der Waals surface area contributed by atoms with Crippen LogP contribution in [0.25, 0.3) is 0 Å².